The van der Waals surface area contributed by atoms with E-state index in [2.05, 4.69) is 6.07 Å². The van der Waals surface area contributed by atoms with Crippen LogP contribution < -0.4 is 4.31 Å². The van der Waals surface area contributed by atoms with Gasteiger partial charge in [-0.2, -0.15) is 0 Å². The highest BCUT2D eigenvalue weighted by Crippen LogP contribution is 2.19. The molecule has 0 aliphatic rings. The van der Waals surface area contributed by atoms with Crippen LogP contribution in [0.3, 0.4) is 0 Å². The smallest absolute Gasteiger partial charge is 0.268 e. The number of sulfonamides is 1. The van der Waals surface area contributed by atoms with E-state index in [4.69, 9.17) is 0 Å². The molecule has 0 fully saturated rings. The van der Waals surface area contributed by atoms with Crippen molar-refractivity contribution in [1.82, 2.24) is 0 Å². The van der Waals surface area contributed by atoms with Crippen LogP contribution in [-0.4, -0.2) is 20.6 Å². The van der Waals surface area contributed by atoms with Gasteiger partial charge in [0, 0.05) is 5.56 Å². The molecule has 0 saturated heterocycles. The van der Waals surface area contributed by atoms with Crippen molar-refractivity contribution in [3.8, 4) is 0 Å². The summed E-state index contributed by atoms with van der Waals surface area (Å²) in [6, 6.07) is 17.3. The van der Waals surface area contributed by atoms with E-state index in [-0.39, 0.29) is 0 Å². The van der Waals surface area contributed by atoms with Gasteiger partial charge in [0.2, 0.25) is 10.0 Å². The van der Waals surface area contributed by atoms with E-state index in [1.54, 1.807) is 42.5 Å². The van der Waals surface area contributed by atoms with Crippen LogP contribution in [0.1, 0.15) is 10.4 Å². The number of para-hydroxylation sites is 1. The second-order valence-electron chi connectivity index (χ2n) is 3.96. The molecular formula is C14H12NO3S. The van der Waals surface area contributed by atoms with Gasteiger partial charge in [0.05, 0.1) is 11.9 Å². The Bertz CT molecular complexity index is 666. The Labute approximate surface area is 112 Å². The average Bonchev–Trinajstić information content (AvgIpc) is 2.39. The fraction of sp³-hybridized carbons (Fsp3) is 0.0714. The van der Waals surface area contributed by atoms with Crippen LogP contribution in [0.2, 0.25) is 0 Å². The van der Waals surface area contributed by atoms with Crippen LogP contribution in [0, 0.1) is 6.07 Å². The Morgan fingerprint density at radius 1 is 1.05 bits per heavy atom. The number of benzene rings is 2. The minimum atomic E-state index is -3.69. The van der Waals surface area contributed by atoms with Gasteiger partial charge in [0.15, 0.2) is 0 Å². The molecule has 0 atom stereocenters. The lowest BCUT2D eigenvalue weighted by molar-refractivity contribution is 0.101. The van der Waals surface area contributed by atoms with Gasteiger partial charge in [-0.1, -0.05) is 30.3 Å². The van der Waals surface area contributed by atoms with Crippen LogP contribution in [0.4, 0.5) is 5.69 Å². The SMILES string of the molecule is CS(=O)(=O)N(C(=O)c1cc[c]cc1)c1ccccc1. The molecule has 4 nitrogen and oxygen atoms in total. The van der Waals surface area contributed by atoms with Gasteiger partial charge in [0.1, 0.15) is 0 Å². The summed E-state index contributed by atoms with van der Waals surface area (Å²) in [5.41, 5.74) is 0.621. The van der Waals surface area contributed by atoms with Crippen LogP contribution in [-0.2, 0) is 10.0 Å². The van der Waals surface area contributed by atoms with Crippen molar-refractivity contribution in [2.45, 2.75) is 0 Å². The quantitative estimate of drug-likeness (QED) is 0.861. The number of carbonyl (C=O) groups is 1. The maximum absolute atomic E-state index is 12.3. The second kappa shape index (κ2) is 5.24. The predicted octanol–water partition coefficient (Wildman–Crippen LogP) is 2.09. The van der Waals surface area contributed by atoms with Gasteiger partial charge < -0.3 is 0 Å². The molecule has 1 amide bonds. The number of amides is 1. The first-order valence-electron chi connectivity index (χ1n) is 5.56. The first kappa shape index (κ1) is 13.3. The lowest BCUT2D eigenvalue weighted by atomic mass is 10.2. The van der Waals surface area contributed by atoms with Crippen molar-refractivity contribution in [3.63, 3.8) is 0 Å². The monoisotopic (exact) mass is 274 g/mol. The predicted molar refractivity (Wildman–Crippen MR) is 73.4 cm³/mol. The van der Waals surface area contributed by atoms with Crippen LogP contribution in [0.25, 0.3) is 0 Å². The molecule has 2 rings (SSSR count). The molecule has 0 unspecified atom stereocenters. The highest BCUT2D eigenvalue weighted by atomic mass is 32.2. The minimum Gasteiger partial charge on any atom is -0.268 e. The minimum absolute atomic E-state index is 0.299. The molecule has 0 aliphatic carbocycles. The lowest BCUT2D eigenvalue weighted by Crippen LogP contribution is -2.36. The van der Waals surface area contributed by atoms with Crippen molar-refractivity contribution in [1.29, 1.82) is 0 Å². The third-order valence-corrected chi connectivity index (χ3v) is 3.51. The first-order chi connectivity index (χ1) is 9.00. The van der Waals surface area contributed by atoms with Crippen molar-refractivity contribution in [3.05, 3.63) is 66.2 Å². The molecule has 97 valence electrons. The summed E-state index contributed by atoms with van der Waals surface area (Å²) in [5.74, 6) is -0.581. The Morgan fingerprint density at radius 2 is 1.63 bits per heavy atom. The third-order valence-electron chi connectivity index (χ3n) is 2.47. The van der Waals surface area contributed by atoms with E-state index in [1.807, 2.05) is 0 Å². The summed E-state index contributed by atoms with van der Waals surface area (Å²) < 4.78 is 24.5. The number of hydrogen-bond acceptors (Lipinski definition) is 3. The molecule has 0 bridgehead atoms. The number of hydrogen-bond donors (Lipinski definition) is 0. The Balaban J connectivity index is 2.50. The number of anilines is 1. The van der Waals surface area contributed by atoms with Gasteiger partial charge in [-0.15, -0.1) is 0 Å². The maximum Gasteiger partial charge on any atom is 0.272 e. The summed E-state index contributed by atoms with van der Waals surface area (Å²) in [4.78, 5) is 12.3. The van der Waals surface area contributed by atoms with Crippen molar-refractivity contribution in [2.75, 3.05) is 10.6 Å². The van der Waals surface area contributed by atoms with E-state index in [0.29, 0.717) is 11.3 Å². The molecular weight excluding hydrogens is 262 g/mol. The molecule has 0 N–H and O–H groups in total. The van der Waals surface area contributed by atoms with Gasteiger partial charge in [-0.3, -0.25) is 4.79 Å². The second-order valence-corrected chi connectivity index (χ2v) is 5.79. The molecule has 0 heterocycles. The molecule has 5 heteroatoms. The molecule has 19 heavy (non-hydrogen) atoms. The van der Waals surface area contributed by atoms with Crippen LogP contribution in [0.5, 0.6) is 0 Å². The fourth-order valence-corrected chi connectivity index (χ4v) is 2.58. The van der Waals surface area contributed by atoms with Gasteiger partial charge in [-0.05, 0) is 30.3 Å². The van der Waals surface area contributed by atoms with E-state index in [9.17, 15) is 13.2 Å². The molecule has 2 aromatic carbocycles. The Hall–Kier alpha value is -2.14. The van der Waals surface area contributed by atoms with Gasteiger partial charge in [0.25, 0.3) is 5.91 Å². The molecule has 2 aromatic rings. The largest absolute Gasteiger partial charge is 0.272 e. The first-order valence-corrected chi connectivity index (χ1v) is 7.41. The van der Waals surface area contributed by atoms with Crippen LogP contribution >= 0.6 is 0 Å². The molecule has 1 radical (unpaired) electrons. The Morgan fingerprint density at radius 3 is 2.16 bits per heavy atom. The standard InChI is InChI=1S/C14H12NO3S/c1-19(17,18)15(13-10-6-3-7-11-13)14(16)12-8-4-2-5-9-12/h3-11H,1H3. The summed E-state index contributed by atoms with van der Waals surface area (Å²) in [6.45, 7) is 0. The molecule has 0 saturated carbocycles. The third kappa shape index (κ3) is 3.00. The molecule has 0 aliphatic heterocycles. The highest BCUT2D eigenvalue weighted by Gasteiger charge is 2.25. The van der Waals surface area contributed by atoms with E-state index >= 15 is 0 Å². The van der Waals surface area contributed by atoms with Crippen molar-refractivity contribution in [2.24, 2.45) is 0 Å². The summed E-state index contributed by atoms with van der Waals surface area (Å²) in [6.07, 6.45) is 1.01. The van der Waals surface area contributed by atoms with E-state index in [1.165, 1.54) is 12.1 Å². The summed E-state index contributed by atoms with van der Waals surface area (Å²) in [7, 11) is -3.69. The number of nitrogens with zero attached hydrogens (tertiary/aromatic N) is 1. The molecule has 0 spiro atoms. The fourth-order valence-electron chi connectivity index (χ4n) is 1.67. The average molecular weight is 274 g/mol. The summed E-state index contributed by atoms with van der Waals surface area (Å²) in [5, 5.41) is 0. The number of carbonyl (C=O) groups excluding carboxylic acids is 1. The normalized spacial score (nSPS) is 11.0. The Kier molecular flexibility index (Phi) is 3.66. The molecule has 0 aromatic heterocycles. The highest BCUT2D eigenvalue weighted by molar-refractivity contribution is 7.92. The van der Waals surface area contributed by atoms with Crippen molar-refractivity contribution < 1.29 is 13.2 Å². The van der Waals surface area contributed by atoms with Crippen molar-refractivity contribution >= 4 is 21.6 Å². The van der Waals surface area contributed by atoms with E-state index in [0.717, 1.165) is 10.6 Å². The van der Waals surface area contributed by atoms with Crippen LogP contribution in [0.15, 0.2) is 54.6 Å². The zero-order valence-electron chi connectivity index (χ0n) is 10.3. The zero-order chi connectivity index (χ0) is 13.9. The maximum atomic E-state index is 12.3. The van der Waals surface area contributed by atoms with Gasteiger partial charge in [-0.25, -0.2) is 12.7 Å². The topological polar surface area (TPSA) is 54.5 Å². The van der Waals surface area contributed by atoms with E-state index < -0.39 is 15.9 Å². The van der Waals surface area contributed by atoms with Gasteiger partial charge >= 0.3 is 0 Å². The number of rotatable bonds is 3. The lowest BCUT2D eigenvalue weighted by Gasteiger charge is -2.20. The zero-order valence-corrected chi connectivity index (χ0v) is 11.1. The summed E-state index contributed by atoms with van der Waals surface area (Å²) >= 11 is 0.